The van der Waals surface area contributed by atoms with Crippen LogP contribution in [0.5, 0.6) is 0 Å². The monoisotopic (exact) mass is 254 g/mol. The Morgan fingerprint density at radius 2 is 1.65 bits per heavy atom. The second-order valence-electron chi connectivity index (χ2n) is 5.83. The van der Waals surface area contributed by atoms with Crippen LogP contribution in [0.15, 0.2) is 24.3 Å². The van der Waals surface area contributed by atoms with Crippen molar-refractivity contribution in [2.45, 2.75) is 52.6 Å². The van der Waals surface area contributed by atoms with Crippen LogP contribution in [0, 0.1) is 5.41 Å². The van der Waals surface area contributed by atoms with Crippen LogP contribution < -0.4 is 0 Å². The molecule has 1 nitrogen and oxygen atoms in total. The van der Waals surface area contributed by atoms with Gasteiger partial charge in [-0.1, -0.05) is 57.8 Å². The molecule has 0 bridgehead atoms. The first-order chi connectivity index (χ1) is 7.78. The zero-order valence-electron chi connectivity index (χ0n) is 11.3. The van der Waals surface area contributed by atoms with Crippen molar-refractivity contribution in [2.24, 2.45) is 5.41 Å². The third kappa shape index (κ3) is 3.72. The summed E-state index contributed by atoms with van der Waals surface area (Å²) in [6, 6.07) is 7.75. The molecule has 0 radical (unpaired) electrons. The van der Waals surface area contributed by atoms with Gasteiger partial charge in [0.1, 0.15) is 0 Å². The molecule has 17 heavy (non-hydrogen) atoms. The van der Waals surface area contributed by atoms with Crippen molar-refractivity contribution in [3.8, 4) is 0 Å². The molecular weight excluding hydrogens is 232 g/mol. The first-order valence-electron chi connectivity index (χ1n) is 6.25. The van der Waals surface area contributed by atoms with Crippen LogP contribution in [0.4, 0.5) is 0 Å². The summed E-state index contributed by atoms with van der Waals surface area (Å²) in [5, 5.41) is 11.6. The minimum Gasteiger partial charge on any atom is -0.389 e. The average molecular weight is 255 g/mol. The van der Waals surface area contributed by atoms with Crippen LogP contribution in [0.3, 0.4) is 0 Å². The lowest BCUT2D eigenvalue weighted by Gasteiger charge is -2.40. The zero-order chi connectivity index (χ0) is 13.1. The van der Waals surface area contributed by atoms with Crippen LogP contribution in [-0.4, -0.2) is 10.7 Å². The van der Waals surface area contributed by atoms with Gasteiger partial charge in [-0.3, -0.25) is 0 Å². The molecule has 1 atom stereocenters. The zero-order valence-corrected chi connectivity index (χ0v) is 12.0. The van der Waals surface area contributed by atoms with Crippen molar-refractivity contribution in [1.82, 2.24) is 0 Å². The number of aliphatic hydroxyl groups is 1. The molecule has 0 saturated carbocycles. The van der Waals surface area contributed by atoms with E-state index in [-0.39, 0.29) is 5.41 Å². The highest BCUT2D eigenvalue weighted by Gasteiger charge is 2.38. The number of rotatable bonds is 4. The number of benzene rings is 1. The highest BCUT2D eigenvalue weighted by atomic mass is 35.5. The lowest BCUT2D eigenvalue weighted by Crippen LogP contribution is -2.44. The van der Waals surface area contributed by atoms with Crippen LogP contribution in [0.1, 0.15) is 46.1 Å². The second-order valence-corrected chi connectivity index (χ2v) is 6.27. The molecule has 1 N–H and O–H groups in total. The van der Waals surface area contributed by atoms with Crippen molar-refractivity contribution in [2.75, 3.05) is 0 Å². The van der Waals surface area contributed by atoms with Crippen molar-refractivity contribution >= 4 is 11.6 Å². The van der Waals surface area contributed by atoms with Gasteiger partial charge in [0.2, 0.25) is 0 Å². The fraction of sp³-hybridized carbons (Fsp3) is 0.600. The predicted molar refractivity (Wildman–Crippen MR) is 74.5 cm³/mol. The maximum atomic E-state index is 10.8. The van der Waals surface area contributed by atoms with Crippen LogP contribution >= 0.6 is 11.6 Å². The Hall–Kier alpha value is -0.530. The van der Waals surface area contributed by atoms with Gasteiger partial charge in [0.25, 0.3) is 0 Å². The van der Waals surface area contributed by atoms with Crippen molar-refractivity contribution in [3.63, 3.8) is 0 Å². The highest BCUT2D eigenvalue weighted by Crippen LogP contribution is 2.37. The predicted octanol–water partition coefficient (Wildman–Crippen LogP) is 4.46. The van der Waals surface area contributed by atoms with Gasteiger partial charge in [-0.15, -0.1) is 0 Å². The SMILES string of the molecule is CCCC(O)(Cc1ccc(Cl)cc1)C(C)(C)C. The summed E-state index contributed by atoms with van der Waals surface area (Å²) < 4.78 is 0. The first kappa shape index (κ1) is 14.5. The van der Waals surface area contributed by atoms with Gasteiger partial charge in [0, 0.05) is 11.4 Å². The smallest absolute Gasteiger partial charge is 0.0735 e. The van der Waals surface area contributed by atoms with E-state index in [2.05, 4.69) is 27.7 Å². The van der Waals surface area contributed by atoms with Gasteiger partial charge in [0.15, 0.2) is 0 Å². The third-order valence-corrected chi connectivity index (χ3v) is 3.72. The van der Waals surface area contributed by atoms with Crippen molar-refractivity contribution in [3.05, 3.63) is 34.9 Å². The molecular formula is C15H23ClO. The average Bonchev–Trinajstić information content (AvgIpc) is 2.20. The molecule has 1 aromatic carbocycles. The Kier molecular flexibility index (Phi) is 4.62. The lowest BCUT2D eigenvalue weighted by molar-refractivity contribution is -0.0645. The summed E-state index contributed by atoms with van der Waals surface area (Å²) in [6.45, 7) is 8.40. The second kappa shape index (κ2) is 5.41. The minimum absolute atomic E-state index is 0.122. The van der Waals surface area contributed by atoms with Gasteiger partial charge >= 0.3 is 0 Å². The third-order valence-electron chi connectivity index (χ3n) is 3.47. The molecule has 96 valence electrons. The van der Waals surface area contributed by atoms with E-state index in [0.717, 1.165) is 23.4 Å². The van der Waals surface area contributed by atoms with E-state index < -0.39 is 5.60 Å². The van der Waals surface area contributed by atoms with Gasteiger partial charge in [0.05, 0.1) is 5.60 Å². The topological polar surface area (TPSA) is 20.2 Å². The van der Waals surface area contributed by atoms with Gasteiger partial charge in [-0.25, -0.2) is 0 Å². The van der Waals surface area contributed by atoms with Crippen LogP contribution in [0.2, 0.25) is 5.02 Å². The van der Waals surface area contributed by atoms with E-state index in [0.29, 0.717) is 6.42 Å². The molecule has 0 aliphatic heterocycles. The normalized spacial score (nSPS) is 15.6. The number of hydrogen-bond acceptors (Lipinski definition) is 1. The summed E-state index contributed by atoms with van der Waals surface area (Å²) in [5.41, 5.74) is 0.360. The van der Waals surface area contributed by atoms with Crippen LogP contribution in [0.25, 0.3) is 0 Å². The Bertz CT molecular complexity index is 350. The Labute approximate surface area is 110 Å². The summed E-state index contributed by atoms with van der Waals surface area (Å²) >= 11 is 5.87. The maximum Gasteiger partial charge on any atom is 0.0735 e. The molecule has 1 rings (SSSR count). The van der Waals surface area contributed by atoms with Gasteiger partial charge < -0.3 is 5.11 Å². The summed E-state index contributed by atoms with van der Waals surface area (Å²) in [6.07, 6.45) is 2.49. The Morgan fingerprint density at radius 3 is 2.06 bits per heavy atom. The Balaban J connectivity index is 2.91. The van der Waals surface area contributed by atoms with Crippen molar-refractivity contribution < 1.29 is 5.11 Å². The largest absolute Gasteiger partial charge is 0.389 e. The molecule has 1 aromatic rings. The molecule has 0 amide bonds. The number of halogens is 1. The van der Waals surface area contributed by atoms with E-state index in [1.54, 1.807) is 0 Å². The van der Waals surface area contributed by atoms with Crippen molar-refractivity contribution in [1.29, 1.82) is 0 Å². The van der Waals surface area contributed by atoms with Gasteiger partial charge in [-0.2, -0.15) is 0 Å². The summed E-state index contributed by atoms with van der Waals surface area (Å²) in [4.78, 5) is 0. The number of hydrogen-bond donors (Lipinski definition) is 1. The molecule has 0 spiro atoms. The molecule has 0 aliphatic carbocycles. The Morgan fingerprint density at radius 1 is 1.12 bits per heavy atom. The molecule has 0 aromatic heterocycles. The van der Waals surface area contributed by atoms with E-state index in [9.17, 15) is 5.11 Å². The summed E-state index contributed by atoms with van der Waals surface area (Å²) in [5.74, 6) is 0. The first-order valence-corrected chi connectivity index (χ1v) is 6.63. The van der Waals surface area contributed by atoms with Gasteiger partial charge in [-0.05, 0) is 29.5 Å². The molecule has 1 unspecified atom stereocenters. The minimum atomic E-state index is -0.657. The van der Waals surface area contributed by atoms with E-state index in [4.69, 9.17) is 11.6 Å². The summed E-state index contributed by atoms with van der Waals surface area (Å²) in [7, 11) is 0. The molecule has 0 saturated heterocycles. The highest BCUT2D eigenvalue weighted by molar-refractivity contribution is 6.30. The van der Waals surface area contributed by atoms with E-state index in [1.807, 2.05) is 24.3 Å². The van der Waals surface area contributed by atoms with Crippen LogP contribution in [-0.2, 0) is 6.42 Å². The van der Waals surface area contributed by atoms with E-state index >= 15 is 0 Å². The fourth-order valence-corrected chi connectivity index (χ4v) is 2.21. The quantitative estimate of drug-likeness (QED) is 0.841. The fourth-order valence-electron chi connectivity index (χ4n) is 2.08. The molecule has 2 heteroatoms. The molecule has 0 aliphatic rings. The van der Waals surface area contributed by atoms with E-state index in [1.165, 1.54) is 0 Å². The maximum absolute atomic E-state index is 10.8. The standard InChI is InChI=1S/C15H23ClO/c1-5-10-15(17,14(2,3)4)11-12-6-8-13(16)9-7-12/h6-9,17H,5,10-11H2,1-4H3. The molecule has 0 fully saturated rings. The lowest BCUT2D eigenvalue weighted by atomic mass is 9.70. The molecule has 0 heterocycles.